The topological polar surface area (TPSA) is 32.3 Å². The van der Waals surface area contributed by atoms with Gasteiger partial charge in [-0.3, -0.25) is 4.90 Å². The van der Waals surface area contributed by atoms with Crippen LogP contribution in [0.15, 0.2) is 12.3 Å². The van der Waals surface area contributed by atoms with Crippen molar-refractivity contribution in [3.8, 4) is 0 Å². The van der Waals surface area contributed by atoms with Crippen LogP contribution >= 0.6 is 11.6 Å². The van der Waals surface area contributed by atoms with Crippen LogP contribution in [0.5, 0.6) is 0 Å². The maximum atomic E-state index is 5.86. The summed E-state index contributed by atoms with van der Waals surface area (Å²) < 4.78 is 0. The first-order valence-electron chi connectivity index (χ1n) is 6.27. The molecule has 0 amide bonds. The van der Waals surface area contributed by atoms with Crippen LogP contribution in [0.3, 0.4) is 0 Å². The van der Waals surface area contributed by atoms with Gasteiger partial charge in [-0.15, -0.1) is 5.10 Å². The Hall–Kier alpha value is -0.870. The van der Waals surface area contributed by atoms with Crippen molar-refractivity contribution in [3.05, 3.63) is 17.4 Å². The molecule has 0 spiro atoms. The minimum Gasteiger partial charge on any atom is -0.368 e. The Morgan fingerprint density at radius 3 is 2.65 bits per heavy atom. The van der Waals surface area contributed by atoms with E-state index in [2.05, 4.69) is 20.0 Å². The Bertz CT molecular complexity index is 386. The van der Waals surface area contributed by atoms with Crippen LogP contribution in [0.25, 0.3) is 0 Å². The molecule has 17 heavy (non-hydrogen) atoms. The lowest BCUT2D eigenvalue weighted by atomic mass is 10.2. The van der Waals surface area contributed by atoms with Crippen molar-refractivity contribution < 1.29 is 0 Å². The van der Waals surface area contributed by atoms with Crippen molar-refractivity contribution in [1.82, 2.24) is 15.1 Å². The van der Waals surface area contributed by atoms with Crippen LogP contribution in [0.4, 0.5) is 5.69 Å². The Balaban J connectivity index is 1.56. The van der Waals surface area contributed by atoms with E-state index in [1.165, 1.54) is 19.4 Å². The van der Waals surface area contributed by atoms with Crippen molar-refractivity contribution in [2.45, 2.75) is 12.8 Å². The molecule has 1 saturated carbocycles. The van der Waals surface area contributed by atoms with Crippen molar-refractivity contribution in [2.24, 2.45) is 5.92 Å². The van der Waals surface area contributed by atoms with E-state index in [1.54, 1.807) is 6.20 Å². The van der Waals surface area contributed by atoms with Gasteiger partial charge in [0.1, 0.15) is 0 Å². The van der Waals surface area contributed by atoms with Crippen molar-refractivity contribution >= 4 is 17.3 Å². The maximum absolute atomic E-state index is 5.86. The molecule has 0 N–H and O–H groups in total. The molecule has 3 rings (SSSR count). The summed E-state index contributed by atoms with van der Waals surface area (Å²) in [7, 11) is 0. The number of halogens is 1. The first-order valence-corrected chi connectivity index (χ1v) is 6.64. The van der Waals surface area contributed by atoms with Gasteiger partial charge in [0.15, 0.2) is 5.15 Å². The molecule has 1 aromatic heterocycles. The Labute approximate surface area is 107 Å². The first kappa shape index (κ1) is 11.2. The predicted octanol–water partition coefficient (Wildman–Crippen LogP) is 1.66. The lowest BCUT2D eigenvalue weighted by Crippen LogP contribution is -2.47. The molecule has 5 heteroatoms. The van der Waals surface area contributed by atoms with E-state index < -0.39 is 0 Å². The monoisotopic (exact) mass is 252 g/mol. The fourth-order valence-electron chi connectivity index (χ4n) is 2.36. The second-order valence-electron chi connectivity index (χ2n) is 4.97. The molecule has 1 aliphatic heterocycles. The maximum Gasteiger partial charge on any atom is 0.153 e. The number of anilines is 1. The van der Waals surface area contributed by atoms with Crippen molar-refractivity contribution in [3.63, 3.8) is 0 Å². The largest absolute Gasteiger partial charge is 0.368 e. The van der Waals surface area contributed by atoms with Gasteiger partial charge < -0.3 is 4.90 Å². The van der Waals surface area contributed by atoms with Crippen LogP contribution < -0.4 is 4.90 Å². The number of piperazine rings is 1. The third-order valence-corrected chi connectivity index (χ3v) is 3.75. The van der Waals surface area contributed by atoms with E-state index in [9.17, 15) is 0 Å². The zero-order valence-electron chi connectivity index (χ0n) is 9.85. The minimum absolute atomic E-state index is 0.475. The summed E-state index contributed by atoms with van der Waals surface area (Å²) >= 11 is 5.86. The van der Waals surface area contributed by atoms with E-state index in [0.717, 1.165) is 37.8 Å². The molecule has 1 saturated heterocycles. The van der Waals surface area contributed by atoms with Gasteiger partial charge in [-0.25, -0.2) is 0 Å². The molecule has 2 heterocycles. The highest BCUT2D eigenvalue weighted by Crippen LogP contribution is 2.30. The first-order chi connectivity index (χ1) is 8.31. The molecule has 1 aliphatic carbocycles. The Morgan fingerprint density at radius 1 is 1.24 bits per heavy atom. The van der Waals surface area contributed by atoms with Crippen LogP contribution in [-0.2, 0) is 0 Å². The standard InChI is InChI=1S/C12H17ClN4/c13-12-7-11(8-14-15-12)17-5-3-16(4-6-17)9-10-1-2-10/h7-8,10H,1-6,9H2. The lowest BCUT2D eigenvalue weighted by Gasteiger charge is -2.35. The summed E-state index contributed by atoms with van der Waals surface area (Å²) in [5.74, 6) is 0.985. The highest BCUT2D eigenvalue weighted by molar-refractivity contribution is 6.29. The molecular formula is C12H17ClN4. The molecular weight excluding hydrogens is 236 g/mol. The van der Waals surface area contributed by atoms with Gasteiger partial charge in [0.2, 0.25) is 0 Å². The Kier molecular flexibility index (Phi) is 3.16. The van der Waals surface area contributed by atoms with E-state index >= 15 is 0 Å². The van der Waals surface area contributed by atoms with Crippen molar-refractivity contribution in [1.29, 1.82) is 0 Å². The van der Waals surface area contributed by atoms with Gasteiger partial charge in [-0.1, -0.05) is 11.6 Å². The zero-order valence-corrected chi connectivity index (χ0v) is 10.6. The molecule has 2 fully saturated rings. The highest BCUT2D eigenvalue weighted by atomic mass is 35.5. The molecule has 0 radical (unpaired) electrons. The van der Waals surface area contributed by atoms with Gasteiger partial charge in [-0.05, 0) is 18.8 Å². The average molecular weight is 253 g/mol. The summed E-state index contributed by atoms with van der Waals surface area (Å²) in [5.41, 5.74) is 1.09. The molecule has 4 nitrogen and oxygen atoms in total. The SMILES string of the molecule is Clc1cc(N2CCN(CC3CC3)CC2)cnn1. The van der Waals surface area contributed by atoms with Crippen LogP contribution in [0.1, 0.15) is 12.8 Å². The fraction of sp³-hybridized carbons (Fsp3) is 0.667. The van der Waals surface area contributed by atoms with Crippen LogP contribution in [-0.4, -0.2) is 47.8 Å². The number of hydrogen-bond donors (Lipinski definition) is 0. The van der Waals surface area contributed by atoms with E-state index in [-0.39, 0.29) is 0 Å². The highest BCUT2D eigenvalue weighted by Gasteiger charge is 2.26. The minimum atomic E-state index is 0.475. The smallest absolute Gasteiger partial charge is 0.153 e. The molecule has 0 bridgehead atoms. The molecule has 0 unspecified atom stereocenters. The fourth-order valence-corrected chi connectivity index (χ4v) is 2.51. The third-order valence-electron chi connectivity index (χ3n) is 3.56. The summed E-state index contributed by atoms with van der Waals surface area (Å²) in [5, 5.41) is 8.15. The third kappa shape index (κ3) is 2.87. The van der Waals surface area contributed by atoms with Gasteiger partial charge in [0.05, 0.1) is 11.9 Å². The number of aromatic nitrogens is 2. The van der Waals surface area contributed by atoms with Gasteiger partial charge >= 0.3 is 0 Å². The number of rotatable bonds is 3. The summed E-state index contributed by atoms with van der Waals surface area (Å²) in [6.45, 7) is 5.72. The molecule has 1 aromatic rings. The van der Waals surface area contributed by atoms with Crippen LogP contribution in [0, 0.1) is 5.92 Å². The summed E-state index contributed by atoms with van der Waals surface area (Å²) in [4.78, 5) is 4.91. The second-order valence-corrected chi connectivity index (χ2v) is 5.35. The summed E-state index contributed by atoms with van der Waals surface area (Å²) in [6.07, 6.45) is 4.66. The van der Waals surface area contributed by atoms with E-state index in [1.807, 2.05) is 6.07 Å². The van der Waals surface area contributed by atoms with E-state index in [4.69, 9.17) is 11.6 Å². The van der Waals surface area contributed by atoms with Crippen LogP contribution in [0.2, 0.25) is 5.15 Å². The van der Waals surface area contributed by atoms with Gasteiger partial charge in [0, 0.05) is 38.8 Å². The normalized spacial score (nSPS) is 21.8. The lowest BCUT2D eigenvalue weighted by molar-refractivity contribution is 0.248. The van der Waals surface area contributed by atoms with Gasteiger partial charge in [0.25, 0.3) is 0 Å². The number of hydrogen-bond acceptors (Lipinski definition) is 4. The van der Waals surface area contributed by atoms with E-state index in [0.29, 0.717) is 5.15 Å². The summed E-state index contributed by atoms with van der Waals surface area (Å²) in [6, 6.07) is 1.89. The molecule has 0 atom stereocenters. The molecule has 0 aromatic carbocycles. The van der Waals surface area contributed by atoms with Crippen molar-refractivity contribution in [2.75, 3.05) is 37.6 Å². The number of nitrogens with zero attached hydrogens (tertiary/aromatic N) is 4. The van der Waals surface area contributed by atoms with Gasteiger partial charge in [-0.2, -0.15) is 5.10 Å². The Morgan fingerprint density at radius 2 is 2.00 bits per heavy atom. The average Bonchev–Trinajstić information content (AvgIpc) is 3.14. The quantitative estimate of drug-likeness (QED) is 0.819. The zero-order chi connectivity index (χ0) is 11.7. The predicted molar refractivity (Wildman–Crippen MR) is 68.4 cm³/mol. The second kappa shape index (κ2) is 4.78. The molecule has 2 aliphatic rings. The molecule has 92 valence electrons.